The van der Waals surface area contributed by atoms with E-state index in [2.05, 4.69) is 5.32 Å². The van der Waals surface area contributed by atoms with E-state index in [1.165, 1.54) is 0 Å². The minimum atomic E-state index is -0.819. The molecule has 0 aliphatic rings. The van der Waals surface area contributed by atoms with Crippen LogP contribution in [0.2, 0.25) is 0 Å². The molecule has 0 aliphatic heterocycles. The molecular formula is C11H22N2O4. The first kappa shape index (κ1) is 15.5. The fourth-order valence-corrected chi connectivity index (χ4v) is 1.01. The molecule has 0 aromatic carbocycles. The molecule has 0 saturated carbocycles. The van der Waals surface area contributed by atoms with Gasteiger partial charge in [-0.2, -0.15) is 0 Å². The first-order chi connectivity index (χ1) is 7.93. The Morgan fingerprint density at radius 1 is 1.24 bits per heavy atom. The van der Waals surface area contributed by atoms with Crippen molar-refractivity contribution in [2.45, 2.75) is 33.6 Å². The number of nitrogens with one attached hydrogen (secondary N) is 1. The summed E-state index contributed by atoms with van der Waals surface area (Å²) in [5.74, 6) is 0. The highest BCUT2D eigenvalue weighted by Crippen LogP contribution is 2.21. The summed E-state index contributed by atoms with van der Waals surface area (Å²) < 4.78 is 9.79. The van der Waals surface area contributed by atoms with E-state index >= 15 is 0 Å². The molecule has 100 valence electrons. The number of hydrogen-bond donors (Lipinski definition) is 2. The van der Waals surface area contributed by atoms with Crippen LogP contribution in [0.5, 0.6) is 0 Å². The third-order valence-corrected chi connectivity index (χ3v) is 2.49. The second kappa shape index (κ2) is 7.76. The van der Waals surface area contributed by atoms with Crippen LogP contribution in [-0.4, -0.2) is 31.9 Å². The van der Waals surface area contributed by atoms with Crippen LogP contribution in [0.25, 0.3) is 0 Å². The molecule has 0 saturated heterocycles. The van der Waals surface area contributed by atoms with Gasteiger partial charge in [-0.15, -0.1) is 0 Å². The van der Waals surface area contributed by atoms with Crippen molar-refractivity contribution in [3.63, 3.8) is 0 Å². The van der Waals surface area contributed by atoms with E-state index in [0.29, 0.717) is 13.0 Å². The standard InChI is InChI=1S/C11H22N2O4/c1-4-6-13-10(15)17-8-11(3,5-2)7-16-9(12)14/h4-8H2,1-3H3,(H2,12,14)(H,13,15). The maximum Gasteiger partial charge on any atom is 0.407 e. The molecule has 0 rings (SSSR count). The molecule has 3 N–H and O–H groups in total. The Hall–Kier alpha value is -1.46. The summed E-state index contributed by atoms with van der Waals surface area (Å²) in [6, 6.07) is 0. The fourth-order valence-electron chi connectivity index (χ4n) is 1.01. The number of primary amides is 1. The van der Waals surface area contributed by atoms with Crippen molar-refractivity contribution >= 4 is 12.2 Å². The van der Waals surface area contributed by atoms with Gasteiger partial charge in [-0.3, -0.25) is 0 Å². The lowest BCUT2D eigenvalue weighted by Crippen LogP contribution is -2.34. The SMILES string of the molecule is CCCNC(=O)OCC(C)(CC)COC(N)=O. The Kier molecular flexibility index (Phi) is 7.09. The minimum absolute atomic E-state index is 0.139. The summed E-state index contributed by atoms with van der Waals surface area (Å²) in [4.78, 5) is 21.8. The van der Waals surface area contributed by atoms with Gasteiger partial charge in [-0.1, -0.05) is 20.8 Å². The van der Waals surface area contributed by atoms with Gasteiger partial charge in [0.25, 0.3) is 0 Å². The number of amides is 2. The Morgan fingerprint density at radius 2 is 1.82 bits per heavy atom. The van der Waals surface area contributed by atoms with Gasteiger partial charge in [0.1, 0.15) is 13.2 Å². The molecular weight excluding hydrogens is 224 g/mol. The van der Waals surface area contributed by atoms with Crippen LogP contribution in [-0.2, 0) is 9.47 Å². The molecule has 6 nitrogen and oxygen atoms in total. The van der Waals surface area contributed by atoms with E-state index in [1.54, 1.807) is 0 Å². The topological polar surface area (TPSA) is 90.7 Å². The van der Waals surface area contributed by atoms with E-state index in [-0.39, 0.29) is 13.2 Å². The van der Waals surface area contributed by atoms with Gasteiger partial charge in [0.05, 0.1) is 0 Å². The van der Waals surface area contributed by atoms with Crippen molar-refractivity contribution in [3.05, 3.63) is 0 Å². The first-order valence-corrected chi connectivity index (χ1v) is 5.76. The Balaban J connectivity index is 4.01. The molecule has 0 heterocycles. The van der Waals surface area contributed by atoms with Gasteiger partial charge in [0.2, 0.25) is 0 Å². The minimum Gasteiger partial charge on any atom is -0.449 e. The number of rotatable bonds is 7. The lowest BCUT2D eigenvalue weighted by atomic mass is 9.90. The third-order valence-electron chi connectivity index (χ3n) is 2.49. The molecule has 0 bridgehead atoms. The smallest absolute Gasteiger partial charge is 0.407 e. The monoisotopic (exact) mass is 246 g/mol. The van der Waals surface area contributed by atoms with Crippen molar-refractivity contribution in [2.75, 3.05) is 19.8 Å². The van der Waals surface area contributed by atoms with Gasteiger partial charge in [-0.25, -0.2) is 9.59 Å². The van der Waals surface area contributed by atoms with Gasteiger partial charge in [0.15, 0.2) is 0 Å². The zero-order chi connectivity index (χ0) is 13.3. The summed E-state index contributed by atoms with van der Waals surface area (Å²) >= 11 is 0. The molecule has 0 radical (unpaired) electrons. The normalized spacial score (nSPS) is 13.6. The number of carbonyl (C=O) groups is 2. The molecule has 0 fully saturated rings. The number of alkyl carbamates (subject to hydrolysis) is 1. The van der Waals surface area contributed by atoms with Crippen LogP contribution >= 0.6 is 0 Å². The fraction of sp³-hybridized carbons (Fsp3) is 0.818. The summed E-state index contributed by atoms with van der Waals surface area (Å²) in [7, 11) is 0. The average Bonchev–Trinajstić information content (AvgIpc) is 2.31. The zero-order valence-electron chi connectivity index (χ0n) is 10.7. The molecule has 2 amide bonds. The first-order valence-electron chi connectivity index (χ1n) is 5.76. The second-order valence-corrected chi connectivity index (χ2v) is 4.27. The molecule has 0 aromatic rings. The van der Waals surface area contributed by atoms with Crippen LogP contribution in [0.15, 0.2) is 0 Å². The van der Waals surface area contributed by atoms with Gasteiger partial charge in [-0.05, 0) is 12.8 Å². The summed E-state index contributed by atoms with van der Waals surface area (Å²) in [5.41, 5.74) is 4.49. The number of nitrogens with two attached hydrogens (primary N) is 1. The molecule has 0 aliphatic carbocycles. The number of ether oxygens (including phenoxy) is 2. The Bertz CT molecular complexity index is 258. The van der Waals surface area contributed by atoms with Crippen molar-refractivity contribution in [3.8, 4) is 0 Å². The second-order valence-electron chi connectivity index (χ2n) is 4.27. The number of hydrogen-bond acceptors (Lipinski definition) is 4. The average molecular weight is 246 g/mol. The highest BCUT2D eigenvalue weighted by Gasteiger charge is 2.26. The van der Waals surface area contributed by atoms with E-state index in [0.717, 1.165) is 6.42 Å². The maximum atomic E-state index is 11.2. The highest BCUT2D eigenvalue weighted by molar-refractivity contribution is 5.67. The summed E-state index contributed by atoms with van der Waals surface area (Å²) in [6.07, 6.45) is 0.289. The predicted octanol–water partition coefficient (Wildman–Crippen LogP) is 1.63. The summed E-state index contributed by atoms with van der Waals surface area (Å²) in [6.45, 7) is 6.66. The third kappa shape index (κ3) is 7.43. The predicted molar refractivity (Wildman–Crippen MR) is 63.6 cm³/mol. The van der Waals surface area contributed by atoms with Gasteiger partial charge < -0.3 is 20.5 Å². The maximum absolute atomic E-state index is 11.2. The summed E-state index contributed by atoms with van der Waals surface area (Å²) in [5, 5.41) is 2.60. The van der Waals surface area contributed by atoms with Crippen LogP contribution in [0.1, 0.15) is 33.6 Å². The van der Waals surface area contributed by atoms with Crippen LogP contribution in [0, 0.1) is 5.41 Å². The number of carbonyl (C=O) groups excluding carboxylic acids is 2. The van der Waals surface area contributed by atoms with Crippen molar-refractivity contribution in [2.24, 2.45) is 11.1 Å². The lowest BCUT2D eigenvalue weighted by molar-refractivity contribution is 0.0371. The molecule has 0 spiro atoms. The molecule has 1 atom stereocenters. The van der Waals surface area contributed by atoms with Crippen LogP contribution < -0.4 is 11.1 Å². The van der Waals surface area contributed by atoms with Crippen molar-refractivity contribution < 1.29 is 19.1 Å². The Morgan fingerprint density at radius 3 is 2.29 bits per heavy atom. The Labute approximate surface area is 102 Å². The quantitative estimate of drug-likeness (QED) is 0.714. The van der Waals surface area contributed by atoms with Crippen molar-refractivity contribution in [1.82, 2.24) is 5.32 Å². The van der Waals surface area contributed by atoms with E-state index < -0.39 is 17.6 Å². The molecule has 6 heteroatoms. The highest BCUT2D eigenvalue weighted by atomic mass is 16.6. The molecule has 17 heavy (non-hydrogen) atoms. The van der Waals surface area contributed by atoms with Crippen LogP contribution in [0.3, 0.4) is 0 Å². The largest absolute Gasteiger partial charge is 0.449 e. The van der Waals surface area contributed by atoms with E-state index in [4.69, 9.17) is 15.2 Å². The van der Waals surface area contributed by atoms with Gasteiger partial charge in [0, 0.05) is 12.0 Å². The zero-order valence-corrected chi connectivity index (χ0v) is 10.7. The van der Waals surface area contributed by atoms with E-state index in [9.17, 15) is 9.59 Å². The molecule has 1 unspecified atom stereocenters. The van der Waals surface area contributed by atoms with Gasteiger partial charge >= 0.3 is 12.2 Å². The van der Waals surface area contributed by atoms with Crippen molar-refractivity contribution in [1.29, 1.82) is 0 Å². The van der Waals surface area contributed by atoms with Crippen LogP contribution in [0.4, 0.5) is 9.59 Å². The van der Waals surface area contributed by atoms with E-state index in [1.807, 2.05) is 20.8 Å². The molecule has 0 aromatic heterocycles. The lowest BCUT2D eigenvalue weighted by Gasteiger charge is -2.26.